The van der Waals surface area contributed by atoms with Gasteiger partial charge in [-0.3, -0.25) is 9.59 Å². The highest BCUT2D eigenvalue weighted by Gasteiger charge is 2.12. The molecule has 1 heterocycles. The van der Waals surface area contributed by atoms with Crippen molar-refractivity contribution in [2.75, 3.05) is 6.61 Å². The van der Waals surface area contributed by atoms with Gasteiger partial charge in [0.15, 0.2) is 0 Å². The molecule has 0 fully saturated rings. The van der Waals surface area contributed by atoms with Gasteiger partial charge in [0.25, 0.3) is 11.5 Å². The molecule has 0 radical (unpaired) electrons. The van der Waals surface area contributed by atoms with E-state index < -0.39 is 11.5 Å². The van der Waals surface area contributed by atoms with Crippen LogP contribution in [0.1, 0.15) is 36.2 Å². The number of hydrogen-bond donors (Lipinski definition) is 2. The maximum atomic E-state index is 12.5. The van der Waals surface area contributed by atoms with Crippen molar-refractivity contribution in [1.29, 1.82) is 0 Å². The van der Waals surface area contributed by atoms with E-state index in [9.17, 15) is 9.59 Å². The molecule has 0 saturated carbocycles. The number of pyridine rings is 1. The van der Waals surface area contributed by atoms with E-state index in [0.717, 1.165) is 23.3 Å². The van der Waals surface area contributed by atoms with E-state index in [0.29, 0.717) is 18.2 Å². The molecule has 1 amide bonds. The third kappa shape index (κ3) is 5.57. The molecule has 0 unspecified atom stereocenters. The number of amides is 1. The summed E-state index contributed by atoms with van der Waals surface area (Å²) >= 11 is 0. The average Bonchev–Trinajstić information content (AvgIpc) is 2.73. The first-order valence-electron chi connectivity index (χ1n) is 9.82. The Bertz CT molecular complexity index is 1010. The summed E-state index contributed by atoms with van der Waals surface area (Å²) in [6.45, 7) is 5.21. The number of hydrogen-bond acceptors (Lipinski definition) is 3. The zero-order chi connectivity index (χ0) is 20.6. The third-order valence-corrected chi connectivity index (χ3v) is 4.60. The molecule has 1 aromatic heterocycles. The van der Waals surface area contributed by atoms with Crippen LogP contribution < -0.4 is 15.6 Å². The number of benzene rings is 2. The largest absolute Gasteiger partial charge is 0.493 e. The van der Waals surface area contributed by atoms with Crippen molar-refractivity contribution in [3.8, 4) is 17.0 Å². The second kappa shape index (κ2) is 9.73. The molecular formula is C24H26N2O3. The highest BCUT2D eigenvalue weighted by Crippen LogP contribution is 2.19. The molecule has 0 aliphatic heterocycles. The van der Waals surface area contributed by atoms with Crippen LogP contribution in [-0.2, 0) is 6.54 Å². The van der Waals surface area contributed by atoms with Crippen molar-refractivity contribution in [2.24, 2.45) is 5.92 Å². The molecule has 2 aromatic carbocycles. The minimum absolute atomic E-state index is 0.0860. The third-order valence-electron chi connectivity index (χ3n) is 4.60. The fourth-order valence-corrected chi connectivity index (χ4v) is 2.90. The maximum absolute atomic E-state index is 12.5. The van der Waals surface area contributed by atoms with E-state index in [1.165, 1.54) is 0 Å². The van der Waals surface area contributed by atoms with E-state index in [4.69, 9.17) is 4.74 Å². The Morgan fingerprint density at radius 1 is 1.00 bits per heavy atom. The van der Waals surface area contributed by atoms with E-state index in [-0.39, 0.29) is 12.1 Å². The number of rotatable bonds is 8. The second-order valence-corrected chi connectivity index (χ2v) is 7.30. The Balaban J connectivity index is 1.66. The van der Waals surface area contributed by atoms with Gasteiger partial charge in [0.1, 0.15) is 11.3 Å². The standard InChI is InChI=1S/C24H26N2O3/c1-17(2)14-15-29-22-11-7-6-10-19(22)16-25-23(27)20-12-13-21(26-24(20)28)18-8-4-3-5-9-18/h3-13,17H,14-16H2,1-2H3,(H,25,27)(H,26,28). The highest BCUT2D eigenvalue weighted by molar-refractivity contribution is 5.94. The monoisotopic (exact) mass is 390 g/mol. The maximum Gasteiger partial charge on any atom is 0.261 e. The minimum Gasteiger partial charge on any atom is -0.493 e. The van der Waals surface area contributed by atoms with Gasteiger partial charge in [-0.1, -0.05) is 62.4 Å². The molecule has 0 bridgehead atoms. The summed E-state index contributed by atoms with van der Waals surface area (Å²) in [5.41, 5.74) is 2.12. The van der Waals surface area contributed by atoms with Crippen molar-refractivity contribution in [3.05, 3.63) is 88.2 Å². The molecule has 0 spiro atoms. The summed E-state index contributed by atoms with van der Waals surface area (Å²) < 4.78 is 5.86. The number of aromatic amines is 1. The first kappa shape index (κ1) is 20.4. The van der Waals surface area contributed by atoms with E-state index in [1.54, 1.807) is 12.1 Å². The lowest BCUT2D eigenvalue weighted by Crippen LogP contribution is -2.29. The van der Waals surface area contributed by atoms with Gasteiger partial charge in [-0.2, -0.15) is 0 Å². The van der Waals surface area contributed by atoms with Crippen LogP contribution in [0.25, 0.3) is 11.3 Å². The van der Waals surface area contributed by atoms with Crippen molar-refractivity contribution in [3.63, 3.8) is 0 Å². The molecule has 0 atom stereocenters. The molecular weight excluding hydrogens is 364 g/mol. The van der Waals surface area contributed by atoms with Gasteiger partial charge >= 0.3 is 0 Å². The predicted octanol–water partition coefficient (Wildman–Crippen LogP) is 4.40. The van der Waals surface area contributed by atoms with Gasteiger partial charge in [0, 0.05) is 17.8 Å². The Morgan fingerprint density at radius 3 is 2.45 bits per heavy atom. The van der Waals surface area contributed by atoms with E-state index in [1.807, 2.05) is 54.6 Å². The van der Waals surface area contributed by atoms with Crippen molar-refractivity contribution in [2.45, 2.75) is 26.8 Å². The minimum atomic E-state index is -0.414. The number of carbonyl (C=O) groups excluding carboxylic acids is 1. The normalized spacial score (nSPS) is 10.7. The van der Waals surface area contributed by atoms with Crippen molar-refractivity contribution >= 4 is 5.91 Å². The molecule has 5 nitrogen and oxygen atoms in total. The first-order valence-corrected chi connectivity index (χ1v) is 9.82. The second-order valence-electron chi connectivity index (χ2n) is 7.30. The molecule has 5 heteroatoms. The molecule has 150 valence electrons. The van der Waals surface area contributed by atoms with Gasteiger partial charge < -0.3 is 15.0 Å². The number of ether oxygens (including phenoxy) is 1. The zero-order valence-electron chi connectivity index (χ0n) is 16.8. The number of aromatic nitrogens is 1. The Morgan fingerprint density at radius 2 is 1.72 bits per heavy atom. The lowest BCUT2D eigenvalue weighted by atomic mass is 10.1. The van der Waals surface area contributed by atoms with Crippen molar-refractivity contribution < 1.29 is 9.53 Å². The quantitative estimate of drug-likeness (QED) is 0.599. The van der Waals surface area contributed by atoms with Crippen LogP contribution in [0.2, 0.25) is 0 Å². The lowest BCUT2D eigenvalue weighted by molar-refractivity contribution is 0.0949. The summed E-state index contributed by atoms with van der Waals surface area (Å²) in [7, 11) is 0. The number of nitrogens with one attached hydrogen (secondary N) is 2. The SMILES string of the molecule is CC(C)CCOc1ccccc1CNC(=O)c1ccc(-c2ccccc2)[nH]c1=O. The summed E-state index contributed by atoms with van der Waals surface area (Å²) in [4.78, 5) is 27.7. The van der Waals surface area contributed by atoms with Crippen LogP contribution in [0.3, 0.4) is 0 Å². The van der Waals surface area contributed by atoms with Crippen molar-refractivity contribution in [1.82, 2.24) is 10.3 Å². The van der Waals surface area contributed by atoms with Gasteiger partial charge in [-0.05, 0) is 36.1 Å². The number of H-pyrrole nitrogens is 1. The van der Waals surface area contributed by atoms with E-state index in [2.05, 4.69) is 24.1 Å². The van der Waals surface area contributed by atoms with Gasteiger partial charge in [-0.25, -0.2) is 0 Å². The molecule has 2 N–H and O–H groups in total. The number of para-hydroxylation sites is 1. The number of carbonyl (C=O) groups is 1. The Labute approximate surface area is 170 Å². The lowest BCUT2D eigenvalue weighted by Gasteiger charge is -2.13. The van der Waals surface area contributed by atoms with E-state index >= 15 is 0 Å². The van der Waals surface area contributed by atoms with Crippen LogP contribution in [-0.4, -0.2) is 17.5 Å². The molecule has 29 heavy (non-hydrogen) atoms. The summed E-state index contributed by atoms with van der Waals surface area (Å²) in [6.07, 6.45) is 0.962. The molecule has 3 aromatic rings. The summed E-state index contributed by atoms with van der Waals surface area (Å²) in [5.74, 6) is 0.900. The fraction of sp³-hybridized carbons (Fsp3) is 0.250. The topological polar surface area (TPSA) is 71.2 Å². The smallest absolute Gasteiger partial charge is 0.261 e. The highest BCUT2D eigenvalue weighted by atomic mass is 16.5. The molecule has 0 aliphatic rings. The van der Waals surface area contributed by atoms with Crippen LogP contribution in [0.15, 0.2) is 71.5 Å². The van der Waals surface area contributed by atoms with Crippen LogP contribution in [0.5, 0.6) is 5.75 Å². The first-order chi connectivity index (χ1) is 14.0. The Hall–Kier alpha value is -3.34. The van der Waals surface area contributed by atoms with Gasteiger partial charge in [0.2, 0.25) is 0 Å². The Kier molecular flexibility index (Phi) is 6.85. The van der Waals surface area contributed by atoms with Crippen LogP contribution >= 0.6 is 0 Å². The van der Waals surface area contributed by atoms with Gasteiger partial charge in [-0.15, -0.1) is 0 Å². The summed E-state index contributed by atoms with van der Waals surface area (Å²) in [6, 6.07) is 20.4. The molecule has 0 saturated heterocycles. The average molecular weight is 390 g/mol. The molecule has 3 rings (SSSR count). The summed E-state index contributed by atoms with van der Waals surface area (Å²) in [5, 5.41) is 2.82. The zero-order valence-corrected chi connectivity index (χ0v) is 16.8. The van der Waals surface area contributed by atoms with Crippen LogP contribution in [0.4, 0.5) is 0 Å². The molecule has 0 aliphatic carbocycles. The fourth-order valence-electron chi connectivity index (χ4n) is 2.90. The predicted molar refractivity (Wildman–Crippen MR) is 115 cm³/mol. The van der Waals surface area contributed by atoms with Crippen LogP contribution in [0, 0.1) is 5.92 Å². The van der Waals surface area contributed by atoms with Gasteiger partial charge in [0.05, 0.1) is 6.61 Å².